The van der Waals surface area contributed by atoms with Crippen molar-refractivity contribution in [1.29, 1.82) is 0 Å². The summed E-state index contributed by atoms with van der Waals surface area (Å²) in [5.41, 5.74) is 0.303. The van der Waals surface area contributed by atoms with Crippen LogP contribution >= 0.6 is 0 Å². The van der Waals surface area contributed by atoms with Gasteiger partial charge in [-0.3, -0.25) is 14.6 Å². The minimum absolute atomic E-state index is 0.0280. The number of hydrogen-bond donors (Lipinski definition) is 1. The van der Waals surface area contributed by atoms with Crippen LogP contribution in [0.3, 0.4) is 0 Å². The van der Waals surface area contributed by atoms with Crippen LogP contribution in [-0.2, 0) is 14.3 Å². The van der Waals surface area contributed by atoms with Gasteiger partial charge in [0.05, 0.1) is 19.4 Å². The van der Waals surface area contributed by atoms with E-state index < -0.39 is 0 Å². The zero-order valence-corrected chi connectivity index (χ0v) is 13.2. The van der Waals surface area contributed by atoms with Gasteiger partial charge in [0.1, 0.15) is 12.3 Å². The lowest BCUT2D eigenvalue weighted by molar-refractivity contribution is -0.137. The highest BCUT2D eigenvalue weighted by Crippen LogP contribution is 2.11. The third-order valence-electron chi connectivity index (χ3n) is 3.64. The summed E-state index contributed by atoms with van der Waals surface area (Å²) in [6.07, 6.45) is 5.88. The number of hydrogen-bond acceptors (Lipinski definition) is 6. The van der Waals surface area contributed by atoms with E-state index in [1.807, 2.05) is 0 Å². The molecule has 8 heteroatoms. The highest BCUT2D eigenvalue weighted by Gasteiger charge is 2.24. The number of amides is 2. The van der Waals surface area contributed by atoms with Crippen molar-refractivity contribution in [2.45, 2.75) is 18.9 Å². The number of aromatic nitrogens is 2. The summed E-state index contributed by atoms with van der Waals surface area (Å²) in [5, 5.41) is 2.93. The number of carbonyl (C=O) groups is 2. The zero-order valence-electron chi connectivity index (χ0n) is 13.2. The summed E-state index contributed by atoms with van der Waals surface area (Å²) in [6.45, 7) is 2.17. The van der Waals surface area contributed by atoms with Crippen molar-refractivity contribution in [3.8, 4) is 0 Å². The summed E-state index contributed by atoms with van der Waals surface area (Å²) >= 11 is 0. The van der Waals surface area contributed by atoms with Crippen LogP contribution in [0.4, 0.5) is 0 Å². The number of ether oxygens (including phenoxy) is 2. The molecule has 1 aliphatic heterocycles. The monoisotopic (exact) mass is 322 g/mol. The Hall–Kier alpha value is -2.06. The van der Waals surface area contributed by atoms with Crippen molar-refractivity contribution in [3.05, 3.63) is 24.3 Å². The van der Waals surface area contributed by atoms with Gasteiger partial charge in [0.15, 0.2) is 0 Å². The second-order valence-corrected chi connectivity index (χ2v) is 5.26. The van der Waals surface area contributed by atoms with E-state index in [0.717, 1.165) is 12.8 Å². The van der Waals surface area contributed by atoms with Gasteiger partial charge in [-0.15, -0.1) is 0 Å². The lowest BCUT2D eigenvalue weighted by atomic mass is 10.0. The maximum absolute atomic E-state index is 12.0. The van der Waals surface area contributed by atoms with E-state index in [2.05, 4.69) is 15.3 Å². The molecule has 2 amide bonds. The molecule has 1 aliphatic rings. The van der Waals surface area contributed by atoms with Gasteiger partial charge in [0.25, 0.3) is 5.91 Å². The summed E-state index contributed by atoms with van der Waals surface area (Å²) in [4.78, 5) is 33.6. The Morgan fingerprint density at radius 1 is 1.30 bits per heavy atom. The fourth-order valence-electron chi connectivity index (χ4n) is 2.34. The first-order valence-electron chi connectivity index (χ1n) is 7.62. The zero-order chi connectivity index (χ0) is 16.5. The minimum Gasteiger partial charge on any atom is -0.382 e. The lowest BCUT2D eigenvalue weighted by Gasteiger charge is -2.32. The molecule has 0 aromatic carbocycles. The Bertz CT molecular complexity index is 503. The minimum atomic E-state index is -0.231. The lowest BCUT2D eigenvalue weighted by Crippen LogP contribution is -2.47. The Morgan fingerprint density at radius 2 is 2.09 bits per heavy atom. The first kappa shape index (κ1) is 17.3. The van der Waals surface area contributed by atoms with Gasteiger partial charge in [-0.25, -0.2) is 4.98 Å². The van der Waals surface area contributed by atoms with Gasteiger partial charge in [-0.05, 0) is 12.8 Å². The molecule has 8 nitrogen and oxygen atoms in total. The number of nitrogens with zero attached hydrogens (tertiary/aromatic N) is 3. The summed E-state index contributed by atoms with van der Waals surface area (Å²) in [7, 11) is 1.59. The standard InChI is InChI=1S/C15H22N4O4/c1-22-8-9-23-11-14(20)19-6-2-12(3-7-19)18-15(21)13-10-16-4-5-17-13/h4-5,10,12H,2-3,6-9,11H2,1H3,(H,18,21). The highest BCUT2D eigenvalue weighted by atomic mass is 16.5. The van der Waals surface area contributed by atoms with Gasteiger partial charge in [-0.1, -0.05) is 0 Å². The summed E-state index contributed by atoms with van der Waals surface area (Å²) in [5.74, 6) is -0.259. The molecule has 2 heterocycles. The molecule has 1 aromatic heterocycles. The second-order valence-electron chi connectivity index (χ2n) is 5.26. The van der Waals surface area contributed by atoms with E-state index >= 15 is 0 Å². The summed E-state index contributed by atoms with van der Waals surface area (Å²) < 4.78 is 10.1. The number of piperidine rings is 1. The average Bonchev–Trinajstić information content (AvgIpc) is 2.60. The van der Waals surface area contributed by atoms with E-state index in [9.17, 15) is 9.59 Å². The van der Waals surface area contributed by atoms with Crippen LogP contribution in [-0.4, -0.2) is 72.7 Å². The van der Waals surface area contributed by atoms with Gasteiger partial charge in [0.2, 0.25) is 5.91 Å². The molecule has 1 fully saturated rings. The predicted octanol–water partition coefficient (Wildman–Crippen LogP) is -0.140. The Kier molecular flexibility index (Phi) is 6.89. The number of carbonyl (C=O) groups excluding carboxylic acids is 2. The van der Waals surface area contributed by atoms with Crippen LogP contribution in [0.1, 0.15) is 23.3 Å². The van der Waals surface area contributed by atoms with Crippen molar-refractivity contribution in [3.63, 3.8) is 0 Å². The van der Waals surface area contributed by atoms with Crippen LogP contribution < -0.4 is 5.32 Å². The second kappa shape index (κ2) is 9.16. The fraction of sp³-hybridized carbons (Fsp3) is 0.600. The van der Waals surface area contributed by atoms with Crippen LogP contribution in [0.25, 0.3) is 0 Å². The third kappa shape index (κ3) is 5.57. The molecule has 1 N–H and O–H groups in total. The number of methoxy groups -OCH3 is 1. The Labute approximate surface area is 135 Å². The fourth-order valence-corrected chi connectivity index (χ4v) is 2.34. The largest absolute Gasteiger partial charge is 0.382 e. The Balaban J connectivity index is 1.69. The molecule has 1 aromatic rings. The van der Waals surface area contributed by atoms with Gasteiger partial charge < -0.3 is 19.7 Å². The van der Waals surface area contributed by atoms with Crippen molar-refractivity contribution in [2.24, 2.45) is 0 Å². The maximum Gasteiger partial charge on any atom is 0.271 e. The normalized spacial score (nSPS) is 15.4. The molecule has 23 heavy (non-hydrogen) atoms. The molecule has 2 rings (SSSR count). The molecule has 0 aliphatic carbocycles. The predicted molar refractivity (Wildman–Crippen MR) is 81.8 cm³/mol. The van der Waals surface area contributed by atoms with Gasteiger partial charge in [-0.2, -0.15) is 0 Å². The van der Waals surface area contributed by atoms with Crippen molar-refractivity contribution < 1.29 is 19.1 Å². The average molecular weight is 322 g/mol. The maximum atomic E-state index is 12.0. The molecule has 126 valence electrons. The molecular formula is C15H22N4O4. The molecule has 1 saturated heterocycles. The highest BCUT2D eigenvalue weighted by molar-refractivity contribution is 5.92. The summed E-state index contributed by atoms with van der Waals surface area (Å²) in [6, 6.07) is 0.0444. The van der Waals surface area contributed by atoms with Gasteiger partial charge in [0, 0.05) is 38.6 Å². The van der Waals surface area contributed by atoms with Crippen LogP contribution in [0.2, 0.25) is 0 Å². The number of nitrogens with one attached hydrogen (secondary N) is 1. The van der Waals surface area contributed by atoms with E-state index in [1.165, 1.54) is 18.6 Å². The van der Waals surface area contributed by atoms with Crippen molar-refractivity contribution >= 4 is 11.8 Å². The van der Waals surface area contributed by atoms with Gasteiger partial charge >= 0.3 is 0 Å². The SMILES string of the molecule is COCCOCC(=O)N1CCC(NC(=O)c2cnccn2)CC1. The molecule has 0 saturated carbocycles. The van der Waals surface area contributed by atoms with Crippen molar-refractivity contribution in [2.75, 3.05) is 40.0 Å². The molecule has 0 radical (unpaired) electrons. The third-order valence-corrected chi connectivity index (χ3v) is 3.64. The van der Waals surface area contributed by atoms with E-state index in [0.29, 0.717) is 32.0 Å². The van der Waals surface area contributed by atoms with Crippen molar-refractivity contribution in [1.82, 2.24) is 20.2 Å². The number of rotatable bonds is 7. The number of likely N-dealkylation sites (tertiary alicyclic amines) is 1. The molecular weight excluding hydrogens is 300 g/mol. The molecule has 0 bridgehead atoms. The van der Waals surface area contributed by atoms with Crippen LogP contribution in [0.15, 0.2) is 18.6 Å². The van der Waals surface area contributed by atoms with Crippen LogP contribution in [0, 0.1) is 0 Å². The first-order chi connectivity index (χ1) is 11.2. The topological polar surface area (TPSA) is 93.7 Å². The van der Waals surface area contributed by atoms with Crippen LogP contribution in [0.5, 0.6) is 0 Å². The quantitative estimate of drug-likeness (QED) is 0.702. The Morgan fingerprint density at radius 3 is 2.74 bits per heavy atom. The van der Waals surface area contributed by atoms with E-state index in [1.54, 1.807) is 12.0 Å². The molecule has 0 unspecified atom stereocenters. The first-order valence-corrected chi connectivity index (χ1v) is 7.62. The van der Waals surface area contributed by atoms with E-state index in [-0.39, 0.29) is 24.5 Å². The smallest absolute Gasteiger partial charge is 0.271 e. The molecule has 0 spiro atoms. The van der Waals surface area contributed by atoms with E-state index in [4.69, 9.17) is 9.47 Å². The molecule has 0 atom stereocenters.